The van der Waals surface area contributed by atoms with Crippen molar-refractivity contribution >= 4 is 65.0 Å². The highest BCUT2D eigenvalue weighted by Gasteiger charge is 2.40. The molecule has 0 bridgehead atoms. The number of primary amides is 2. The first kappa shape index (κ1) is 61.2. The van der Waals surface area contributed by atoms with Gasteiger partial charge in [0.25, 0.3) is 0 Å². The van der Waals surface area contributed by atoms with Crippen LogP contribution in [0.5, 0.6) is 5.75 Å². The molecule has 1 aliphatic rings. The van der Waals surface area contributed by atoms with Crippen molar-refractivity contribution in [3.63, 3.8) is 0 Å². The van der Waals surface area contributed by atoms with Gasteiger partial charge in [-0.3, -0.25) is 47.9 Å². The van der Waals surface area contributed by atoms with E-state index >= 15 is 0 Å². The van der Waals surface area contributed by atoms with Gasteiger partial charge in [0.1, 0.15) is 48.0 Å². The van der Waals surface area contributed by atoms with E-state index in [1.165, 1.54) is 38.1 Å². The van der Waals surface area contributed by atoms with Crippen LogP contribution in [0.3, 0.4) is 0 Å². The Morgan fingerprint density at radius 1 is 0.694 bits per heavy atom. The van der Waals surface area contributed by atoms with E-state index in [9.17, 15) is 73.2 Å². The van der Waals surface area contributed by atoms with E-state index < -0.39 is 139 Å². The first-order chi connectivity index (χ1) is 33.8. The number of aromatic hydroxyl groups is 1. The maximum absolute atomic E-state index is 14.0. The van der Waals surface area contributed by atoms with E-state index in [1.807, 2.05) is 0 Å². The first-order valence-electron chi connectivity index (χ1n) is 23.5. The number of likely N-dealkylation sites (tertiary alicyclic amines) is 1. The van der Waals surface area contributed by atoms with Crippen molar-refractivity contribution in [3.05, 3.63) is 29.8 Å². The number of benzene rings is 1. The van der Waals surface area contributed by atoms with Gasteiger partial charge in [0, 0.05) is 19.4 Å². The molecule has 0 saturated carbocycles. The number of phenolic OH excluding ortho intramolecular Hbond substituents is 1. The van der Waals surface area contributed by atoms with Gasteiger partial charge in [0.2, 0.25) is 59.1 Å². The van der Waals surface area contributed by atoms with E-state index in [4.69, 9.17) is 22.9 Å². The number of aliphatic carboxylic acids is 1. The molecule has 1 heterocycles. The number of nitrogens with two attached hydrogens (primary N) is 4. The number of amides is 10. The molecule has 10 atom stereocenters. The van der Waals surface area contributed by atoms with Crippen LogP contribution in [0, 0.1) is 5.92 Å². The van der Waals surface area contributed by atoms with Gasteiger partial charge in [-0.05, 0) is 89.0 Å². The maximum Gasteiger partial charge on any atom is 0.328 e. The zero-order valence-electron chi connectivity index (χ0n) is 40.9. The quantitative estimate of drug-likeness (QED) is 0.0308. The van der Waals surface area contributed by atoms with Crippen LogP contribution in [0.4, 0.5) is 0 Å². The fourth-order valence-electron chi connectivity index (χ4n) is 7.51. The Bertz CT molecular complexity index is 2070. The largest absolute Gasteiger partial charge is 0.508 e. The van der Waals surface area contributed by atoms with Crippen molar-refractivity contribution in [3.8, 4) is 5.75 Å². The predicted octanol–water partition coefficient (Wildman–Crippen LogP) is -5.56. The van der Waals surface area contributed by atoms with E-state index in [0.717, 1.165) is 4.90 Å². The summed E-state index contributed by atoms with van der Waals surface area (Å²) in [6, 6.07) is -7.61. The predicted molar refractivity (Wildman–Crippen MR) is 255 cm³/mol. The van der Waals surface area contributed by atoms with Crippen molar-refractivity contribution in [2.24, 2.45) is 28.9 Å². The fourth-order valence-corrected chi connectivity index (χ4v) is 7.51. The number of phenols is 1. The minimum Gasteiger partial charge on any atom is -0.508 e. The molecule has 27 heteroatoms. The molecule has 1 aromatic carbocycles. The van der Waals surface area contributed by atoms with E-state index in [-0.39, 0.29) is 63.3 Å². The van der Waals surface area contributed by atoms with Crippen LogP contribution in [0.15, 0.2) is 24.3 Å². The molecule has 2 rings (SSSR count). The molecule has 10 amide bonds. The highest BCUT2D eigenvalue weighted by atomic mass is 16.4. The Labute approximate surface area is 416 Å². The average molecular weight is 1020 g/mol. The van der Waals surface area contributed by atoms with Gasteiger partial charge in [-0.25, -0.2) is 4.79 Å². The van der Waals surface area contributed by atoms with Gasteiger partial charge in [0.15, 0.2) is 6.04 Å². The number of hydrogen-bond acceptors (Lipinski definition) is 16. The van der Waals surface area contributed by atoms with Crippen LogP contribution in [0.25, 0.3) is 0 Å². The molecule has 1 fully saturated rings. The van der Waals surface area contributed by atoms with Crippen LogP contribution in [0.2, 0.25) is 0 Å². The molecular weight excluding hydrogens is 949 g/mol. The highest BCUT2D eigenvalue weighted by Crippen LogP contribution is 2.20. The zero-order valence-corrected chi connectivity index (χ0v) is 40.9. The Balaban J connectivity index is 2.28. The third kappa shape index (κ3) is 20.4. The second kappa shape index (κ2) is 30.0. The molecule has 1 saturated heterocycles. The normalized spacial score (nSPS) is 17.0. The molecule has 0 unspecified atom stereocenters. The minimum atomic E-state index is -1.83. The van der Waals surface area contributed by atoms with Crippen molar-refractivity contribution in [2.45, 2.75) is 152 Å². The number of hydrogen-bond donors (Lipinski definition) is 15. The van der Waals surface area contributed by atoms with Gasteiger partial charge in [-0.15, -0.1) is 0 Å². The number of carboxylic acid groups (broad SMARTS) is 1. The second-order valence-electron chi connectivity index (χ2n) is 18.0. The Morgan fingerprint density at radius 3 is 1.81 bits per heavy atom. The summed E-state index contributed by atoms with van der Waals surface area (Å²) >= 11 is 0. The van der Waals surface area contributed by atoms with Crippen LogP contribution < -0.4 is 60.2 Å². The lowest BCUT2D eigenvalue weighted by Crippen LogP contribution is -2.61. The Hall–Kier alpha value is -6.97. The summed E-state index contributed by atoms with van der Waals surface area (Å²) in [6.07, 6.45) is -1.54. The number of unbranched alkanes of at least 4 members (excludes halogenated alkanes) is 1. The maximum atomic E-state index is 14.0. The Kier molecular flexibility index (Phi) is 25.5. The average Bonchev–Trinajstić information content (AvgIpc) is 3.80. The number of nitrogens with zero attached hydrogens (tertiary/aromatic N) is 1. The van der Waals surface area contributed by atoms with Crippen molar-refractivity contribution in [1.82, 2.24) is 42.1 Å². The van der Waals surface area contributed by atoms with Crippen LogP contribution in [-0.4, -0.2) is 171 Å². The summed E-state index contributed by atoms with van der Waals surface area (Å²) in [7, 11) is 0. The van der Waals surface area contributed by atoms with E-state index in [2.05, 4.69) is 37.2 Å². The molecule has 402 valence electrons. The molecule has 0 aliphatic carbocycles. The van der Waals surface area contributed by atoms with Crippen molar-refractivity contribution in [1.29, 1.82) is 0 Å². The van der Waals surface area contributed by atoms with Gasteiger partial charge in [0.05, 0.1) is 25.2 Å². The molecule has 0 aromatic heterocycles. The minimum absolute atomic E-state index is 0.0312. The van der Waals surface area contributed by atoms with E-state index in [1.54, 1.807) is 13.8 Å². The van der Waals surface area contributed by atoms with E-state index in [0.29, 0.717) is 24.8 Å². The third-order valence-electron chi connectivity index (χ3n) is 11.4. The summed E-state index contributed by atoms with van der Waals surface area (Å²) in [5.74, 6) is -11.0. The summed E-state index contributed by atoms with van der Waals surface area (Å²) in [5.41, 5.74) is 22.5. The fraction of sp³-hybridized carbons (Fsp3) is 0.622. The number of aliphatic hydroxyl groups excluding tert-OH is 2. The molecule has 0 radical (unpaired) electrons. The smallest absolute Gasteiger partial charge is 0.328 e. The lowest BCUT2D eigenvalue weighted by atomic mass is 10.0. The van der Waals surface area contributed by atoms with Crippen LogP contribution in [-0.2, 0) is 59.2 Å². The van der Waals surface area contributed by atoms with Gasteiger partial charge < -0.3 is 85.5 Å². The molecule has 1 aromatic rings. The molecule has 19 N–H and O–H groups in total. The van der Waals surface area contributed by atoms with Crippen LogP contribution in [0.1, 0.15) is 91.0 Å². The SMILES string of the molecule is CC(C)C[C@H](NC(=O)[C@@H]1CCCN1C(=O)[C@H](C)NC(=O)[C@H](CO)NC(=O)[C@H](CC(N)=O)NC(=O)[C@H](Cc1ccc(O)cc1)NC(=O)[C@H](CCCCN)NC(=O)[C@@H](N)CCC(N)=O)C(=O)N[C@H](C(=O)O)[C@@H](C)O. The van der Waals surface area contributed by atoms with Gasteiger partial charge >= 0.3 is 5.97 Å². The lowest BCUT2D eigenvalue weighted by Gasteiger charge is -2.30. The number of carbonyl (C=O) groups is 11. The number of aliphatic hydroxyl groups is 2. The monoisotopic (exact) mass is 1020 g/mol. The number of carboxylic acids is 1. The van der Waals surface area contributed by atoms with Crippen LogP contribution >= 0.6 is 0 Å². The Morgan fingerprint density at radius 2 is 1.25 bits per heavy atom. The standard InChI is InChI=1S/C45H72N12O15/c1-22(2)18-29(41(67)56-36(24(4)59)45(71)72)54-43(69)33-9-7-17-57(33)44(70)23(3)50-42(68)32(21-58)55-40(66)31(20-35(49)62)53-39(65)30(19-25-10-12-26(60)13-11-25)52-38(64)28(8-5-6-16-46)51-37(63)27(47)14-15-34(48)61/h10-13,22-24,27-33,36,58-60H,5-9,14-21,46-47H2,1-4H3,(H2,48,61)(H2,49,62)(H,50,68)(H,51,63)(H,52,64)(H,53,65)(H,54,69)(H,55,66)(H,56,67)(H,71,72)/t23-,24+,27-,28-,29-,30-,31-,32-,33-,36-/m0/s1. The lowest BCUT2D eigenvalue weighted by molar-refractivity contribution is -0.145. The van der Waals surface area contributed by atoms with Crippen molar-refractivity contribution < 1.29 is 73.2 Å². The number of rotatable bonds is 31. The topological polar surface area (TPSA) is 460 Å². The first-order valence-corrected chi connectivity index (χ1v) is 23.5. The summed E-state index contributed by atoms with van der Waals surface area (Å²) in [5, 5.41) is 56.1. The molecule has 1 aliphatic heterocycles. The molecular formula is C45H72N12O15. The number of nitrogens with one attached hydrogen (secondary N) is 7. The third-order valence-corrected chi connectivity index (χ3v) is 11.4. The summed E-state index contributed by atoms with van der Waals surface area (Å²) in [4.78, 5) is 145. The molecule has 72 heavy (non-hydrogen) atoms. The zero-order chi connectivity index (χ0) is 54.4. The van der Waals surface area contributed by atoms with Gasteiger partial charge in [-0.2, -0.15) is 0 Å². The van der Waals surface area contributed by atoms with Crippen molar-refractivity contribution in [2.75, 3.05) is 19.7 Å². The molecule has 27 nitrogen and oxygen atoms in total. The summed E-state index contributed by atoms with van der Waals surface area (Å²) < 4.78 is 0. The summed E-state index contributed by atoms with van der Waals surface area (Å²) in [6.45, 7) is 5.19. The number of carbonyl (C=O) groups excluding carboxylic acids is 10. The highest BCUT2D eigenvalue weighted by molar-refractivity contribution is 5.99. The molecule has 0 spiro atoms. The van der Waals surface area contributed by atoms with Gasteiger partial charge in [-0.1, -0.05) is 26.0 Å². The second-order valence-corrected chi connectivity index (χ2v) is 18.0.